The minimum atomic E-state index is -1.02. The third-order valence-electron chi connectivity index (χ3n) is 8.39. The Hall–Kier alpha value is -3.31. The van der Waals surface area contributed by atoms with Gasteiger partial charge in [-0.1, -0.05) is 11.6 Å². The number of pyridine rings is 1. The number of hydrogen-bond acceptors (Lipinski definition) is 8. The molecule has 42 heavy (non-hydrogen) atoms. The number of thiophene rings is 1. The highest BCUT2D eigenvalue weighted by Gasteiger charge is 2.30. The molecule has 1 atom stereocenters. The Morgan fingerprint density at radius 2 is 1.93 bits per heavy atom. The molecule has 3 aromatic heterocycles. The van der Waals surface area contributed by atoms with Gasteiger partial charge in [0.2, 0.25) is 0 Å². The fourth-order valence-electron chi connectivity index (χ4n) is 6.21. The van der Waals surface area contributed by atoms with E-state index in [2.05, 4.69) is 9.88 Å². The van der Waals surface area contributed by atoms with Gasteiger partial charge in [-0.15, -0.1) is 11.3 Å². The molecule has 220 valence electrons. The number of hydrogen-bond donors (Lipinski definition) is 2. The molecule has 9 nitrogen and oxygen atoms in total. The topological polar surface area (TPSA) is 118 Å². The lowest BCUT2D eigenvalue weighted by atomic mass is 9.90. The predicted octanol–water partition coefficient (Wildman–Crippen LogP) is 4.88. The third kappa shape index (κ3) is 5.56. The zero-order valence-corrected chi connectivity index (χ0v) is 25.2. The van der Waals surface area contributed by atoms with E-state index in [4.69, 9.17) is 21.3 Å². The van der Waals surface area contributed by atoms with Crippen molar-refractivity contribution >= 4 is 39.1 Å². The first kappa shape index (κ1) is 28.8. The molecule has 1 fully saturated rings. The Morgan fingerprint density at radius 1 is 1.14 bits per heavy atom. The number of nitrogens with zero attached hydrogens (tertiary/aromatic N) is 4. The Labute approximate surface area is 252 Å². The average Bonchev–Trinajstić information content (AvgIpc) is 3.39. The largest absolute Gasteiger partial charge is 0.491 e. The highest BCUT2D eigenvalue weighted by molar-refractivity contribution is 7.18. The molecule has 11 heteroatoms. The van der Waals surface area contributed by atoms with Crippen LogP contribution in [0, 0.1) is 13.8 Å². The lowest BCUT2D eigenvalue weighted by Crippen LogP contribution is -2.47. The van der Waals surface area contributed by atoms with E-state index < -0.39 is 5.97 Å². The third-order valence-corrected chi connectivity index (χ3v) is 9.63. The van der Waals surface area contributed by atoms with E-state index in [1.807, 2.05) is 26.0 Å². The van der Waals surface area contributed by atoms with Crippen LogP contribution in [-0.4, -0.2) is 67.5 Å². The molecule has 4 aromatic rings. The summed E-state index contributed by atoms with van der Waals surface area (Å²) >= 11 is 7.72. The monoisotopic (exact) mass is 608 g/mol. The number of likely N-dealkylation sites (tertiary alicyclic amines) is 1. The lowest BCUT2D eigenvalue weighted by molar-refractivity contribution is 0.0566. The molecule has 4 heterocycles. The fraction of sp³-hybridized carbons (Fsp3) is 0.419. The zero-order valence-electron chi connectivity index (χ0n) is 23.6. The van der Waals surface area contributed by atoms with Crippen molar-refractivity contribution in [2.45, 2.75) is 64.6 Å². The van der Waals surface area contributed by atoms with Crippen molar-refractivity contribution in [1.29, 1.82) is 0 Å². The fourth-order valence-corrected chi connectivity index (χ4v) is 7.39. The van der Waals surface area contributed by atoms with Crippen molar-refractivity contribution in [2.75, 3.05) is 19.7 Å². The first-order chi connectivity index (χ1) is 20.2. The number of fused-ring (bicyclic) bond motifs is 2. The van der Waals surface area contributed by atoms with E-state index in [0.29, 0.717) is 46.8 Å². The number of carboxylic acid groups (broad SMARTS) is 1. The SMILES string of the molecule is Cc1cc(-c2cc(Cl)ccc2OCCn2c(C)nc3c(c2=O)C[C@@H](N2CCC(O)CC2)CC3)c2scc(C(=O)O)c2n1. The molecule has 0 radical (unpaired) electrons. The van der Waals surface area contributed by atoms with Crippen LogP contribution in [0.4, 0.5) is 0 Å². The van der Waals surface area contributed by atoms with Gasteiger partial charge in [-0.25, -0.2) is 9.78 Å². The molecular weight excluding hydrogens is 576 g/mol. The van der Waals surface area contributed by atoms with Crippen LogP contribution in [0.2, 0.25) is 5.02 Å². The van der Waals surface area contributed by atoms with Crippen molar-refractivity contribution in [3.8, 4) is 16.9 Å². The van der Waals surface area contributed by atoms with Gasteiger partial charge in [-0.05, 0) is 70.2 Å². The van der Waals surface area contributed by atoms with E-state index in [-0.39, 0.29) is 23.8 Å². The number of rotatable bonds is 7. The van der Waals surface area contributed by atoms with Crippen molar-refractivity contribution in [1.82, 2.24) is 19.4 Å². The van der Waals surface area contributed by atoms with Gasteiger partial charge in [0.25, 0.3) is 5.56 Å². The van der Waals surface area contributed by atoms with Gasteiger partial charge in [-0.2, -0.15) is 0 Å². The Morgan fingerprint density at radius 3 is 2.69 bits per heavy atom. The van der Waals surface area contributed by atoms with Gasteiger partial charge < -0.3 is 14.9 Å². The number of carbonyl (C=O) groups is 1. The Balaban J connectivity index is 1.24. The number of aryl methyl sites for hydroxylation is 3. The number of ether oxygens (including phenoxy) is 1. The quantitative estimate of drug-likeness (QED) is 0.305. The second-order valence-electron chi connectivity index (χ2n) is 11.1. The van der Waals surface area contributed by atoms with Crippen molar-refractivity contribution in [3.05, 3.63) is 73.4 Å². The second-order valence-corrected chi connectivity index (χ2v) is 12.5. The van der Waals surface area contributed by atoms with E-state index in [9.17, 15) is 19.8 Å². The normalized spacial score (nSPS) is 17.9. The summed E-state index contributed by atoms with van der Waals surface area (Å²) in [5, 5.41) is 21.7. The molecule has 1 aliphatic carbocycles. The zero-order chi connectivity index (χ0) is 29.5. The summed E-state index contributed by atoms with van der Waals surface area (Å²) in [6.45, 7) is 5.98. The summed E-state index contributed by atoms with van der Waals surface area (Å²) in [6, 6.07) is 7.56. The maximum absolute atomic E-state index is 13.7. The molecule has 2 aliphatic rings. The summed E-state index contributed by atoms with van der Waals surface area (Å²) in [5.41, 5.74) is 4.50. The van der Waals surface area contributed by atoms with Crippen LogP contribution in [0.15, 0.2) is 34.4 Å². The molecule has 0 unspecified atom stereocenters. The number of aromatic nitrogens is 3. The van der Waals surface area contributed by atoms with Crippen LogP contribution in [0.1, 0.15) is 52.4 Å². The van der Waals surface area contributed by atoms with Crippen molar-refractivity contribution < 1.29 is 19.7 Å². The van der Waals surface area contributed by atoms with Gasteiger partial charge in [-0.3, -0.25) is 19.2 Å². The van der Waals surface area contributed by atoms with Crippen LogP contribution >= 0.6 is 22.9 Å². The summed E-state index contributed by atoms with van der Waals surface area (Å²) < 4.78 is 8.71. The first-order valence-electron chi connectivity index (χ1n) is 14.3. The number of benzene rings is 1. The molecule has 6 rings (SSSR count). The predicted molar refractivity (Wildman–Crippen MR) is 163 cm³/mol. The van der Waals surface area contributed by atoms with Gasteiger partial charge in [0.05, 0.1) is 34.1 Å². The maximum atomic E-state index is 13.7. The molecule has 0 spiro atoms. The van der Waals surface area contributed by atoms with Crippen LogP contribution < -0.4 is 10.3 Å². The van der Waals surface area contributed by atoms with Crippen LogP contribution in [0.5, 0.6) is 5.75 Å². The summed E-state index contributed by atoms with van der Waals surface area (Å²) in [7, 11) is 0. The van der Waals surface area contributed by atoms with Crippen LogP contribution in [0.3, 0.4) is 0 Å². The van der Waals surface area contributed by atoms with Crippen molar-refractivity contribution in [3.63, 3.8) is 0 Å². The van der Waals surface area contributed by atoms with E-state index in [0.717, 1.165) is 65.9 Å². The minimum Gasteiger partial charge on any atom is -0.491 e. The Bertz CT molecular complexity index is 1730. The number of piperidine rings is 1. The van der Waals surface area contributed by atoms with E-state index in [1.165, 1.54) is 11.3 Å². The van der Waals surface area contributed by atoms with E-state index >= 15 is 0 Å². The molecule has 0 bridgehead atoms. The number of carboxylic acids is 1. The molecule has 1 saturated heterocycles. The van der Waals surface area contributed by atoms with Crippen LogP contribution in [-0.2, 0) is 19.4 Å². The highest BCUT2D eigenvalue weighted by Crippen LogP contribution is 2.40. The second kappa shape index (κ2) is 11.8. The molecule has 0 amide bonds. The summed E-state index contributed by atoms with van der Waals surface area (Å²) in [6.07, 6.45) is 3.77. The van der Waals surface area contributed by atoms with Crippen LogP contribution in [0.25, 0.3) is 21.3 Å². The molecule has 1 aromatic carbocycles. The van der Waals surface area contributed by atoms with Gasteiger partial charge in [0.1, 0.15) is 18.2 Å². The number of aliphatic hydroxyl groups excluding tert-OH is 1. The average molecular weight is 609 g/mol. The summed E-state index contributed by atoms with van der Waals surface area (Å²) in [5.74, 6) is 0.235. The van der Waals surface area contributed by atoms with Gasteiger partial charge in [0.15, 0.2) is 0 Å². The molecular formula is C31H33ClN4O5S. The number of aromatic carboxylic acids is 1. The molecule has 0 saturated carbocycles. The lowest BCUT2D eigenvalue weighted by Gasteiger charge is -2.38. The standard InChI is InChI=1S/C31H33ClN4O5S/c1-17-13-23(29-28(33-17)25(16-42-29)31(39)40)22-14-19(32)3-6-27(22)41-12-11-36-18(2)34-26-5-4-20(15-24(26)30(36)38)35-9-7-21(37)8-10-35/h3,6,13-14,16,20-21,37H,4-5,7-12,15H2,1-2H3,(H,39,40)/t20-/m0/s1. The first-order valence-corrected chi connectivity index (χ1v) is 15.5. The molecule has 2 N–H and O–H groups in total. The van der Waals surface area contributed by atoms with Gasteiger partial charge in [0, 0.05) is 51.9 Å². The maximum Gasteiger partial charge on any atom is 0.338 e. The number of aliphatic hydroxyl groups is 1. The molecule has 1 aliphatic heterocycles. The van der Waals surface area contributed by atoms with Crippen molar-refractivity contribution in [2.24, 2.45) is 0 Å². The minimum absolute atomic E-state index is 0.00886. The highest BCUT2D eigenvalue weighted by atomic mass is 35.5. The van der Waals surface area contributed by atoms with E-state index in [1.54, 1.807) is 22.1 Å². The smallest absolute Gasteiger partial charge is 0.338 e. The Kier molecular flexibility index (Phi) is 8.06. The van der Waals surface area contributed by atoms with Gasteiger partial charge >= 0.3 is 5.97 Å². The summed E-state index contributed by atoms with van der Waals surface area (Å²) in [4.78, 5) is 37.1. The number of halogens is 1.